The Morgan fingerprint density at radius 1 is 1.23 bits per heavy atom. The molecule has 0 bridgehead atoms. The van der Waals surface area contributed by atoms with Crippen LogP contribution in [0.2, 0.25) is 0 Å². The van der Waals surface area contributed by atoms with Gasteiger partial charge in [-0.15, -0.1) is 0 Å². The molecule has 4 nitrogen and oxygen atoms in total. The smallest absolute Gasteiger partial charge is 0.251 e. The van der Waals surface area contributed by atoms with Gasteiger partial charge in [-0.3, -0.25) is 9.59 Å². The summed E-state index contributed by atoms with van der Waals surface area (Å²) < 4.78 is 0. The van der Waals surface area contributed by atoms with Crippen LogP contribution in [0.15, 0.2) is 23.0 Å². The highest BCUT2D eigenvalue weighted by molar-refractivity contribution is 5.83. The first kappa shape index (κ1) is 16.3. The zero-order valence-corrected chi connectivity index (χ0v) is 13.6. The van der Waals surface area contributed by atoms with Gasteiger partial charge in [0.15, 0.2) is 0 Å². The maximum atomic E-state index is 12.2. The Kier molecular flexibility index (Phi) is 5.36. The predicted octanol–water partition coefficient (Wildman–Crippen LogP) is 2.99. The van der Waals surface area contributed by atoms with Gasteiger partial charge in [0.05, 0.1) is 5.52 Å². The largest absolute Gasteiger partial charge is 0.356 e. The first-order valence-corrected chi connectivity index (χ1v) is 7.91. The Morgan fingerprint density at radius 2 is 2.00 bits per heavy atom. The molecular formula is C18H24N2O2. The number of pyridine rings is 1. The first-order valence-electron chi connectivity index (χ1n) is 7.91. The molecule has 0 fully saturated rings. The normalized spacial score (nSPS) is 10.9. The van der Waals surface area contributed by atoms with Crippen LogP contribution in [0.1, 0.15) is 42.9 Å². The molecule has 1 amide bonds. The van der Waals surface area contributed by atoms with Gasteiger partial charge in [0.1, 0.15) is 0 Å². The van der Waals surface area contributed by atoms with Gasteiger partial charge >= 0.3 is 0 Å². The zero-order chi connectivity index (χ0) is 16.1. The van der Waals surface area contributed by atoms with E-state index < -0.39 is 0 Å². The number of rotatable bonds is 6. The molecular weight excluding hydrogens is 276 g/mol. The summed E-state index contributed by atoms with van der Waals surface area (Å²) in [5, 5.41) is 3.90. The van der Waals surface area contributed by atoms with Crippen LogP contribution >= 0.6 is 0 Å². The first-order chi connectivity index (χ1) is 10.5. The van der Waals surface area contributed by atoms with Crippen molar-refractivity contribution in [2.45, 2.75) is 46.5 Å². The van der Waals surface area contributed by atoms with Gasteiger partial charge in [0.2, 0.25) is 5.91 Å². The maximum Gasteiger partial charge on any atom is 0.251 e. The minimum absolute atomic E-state index is 0.00775. The lowest BCUT2D eigenvalue weighted by atomic mass is 10.0. The number of carbonyl (C=O) groups is 1. The van der Waals surface area contributed by atoms with Gasteiger partial charge < -0.3 is 10.3 Å². The van der Waals surface area contributed by atoms with Crippen molar-refractivity contribution in [1.29, 1.82) is 0 Å². The number of aromatic nitrogens is 1. The molecule has 1 aromatic heterocycles. The number of hydrogen-bond acceptors (Lipinski definition) is 2. The molecule has 0 aliphatic heterocycles. The van der Waals surface area contributed by atoms with E-state index in [9.17, 15) is 9.59 Å². The minimum atomic E-state index is -0.0965. The fraction of sp³-hybridized carbons (Fsp3) is 0.444. The van der Waals surface area contributed by atoms with Crippen molar-refractivity contribution in [3.63, 3.8) is 0 Å². The van der Waals surface area contributed by atoms with E-state index in [1.807, 2.05) is 19.9 Å². The summed E-state index contributed by atoms with van der Waals surface area (Å²) in [6.45, 7) is 6.83. The molecule has 1 heterocycles. The highest BCUT2D eigenvalue weighted by Crippen LogP contribution is 2.18. The third kappa shape index (κ3) is 3.97. The molecule has 4 heteroatoms. The Morgan fingerprint density at radius 3 is 2.73 bits per heavy atom. The van der Waals surface area contributed by atoms with E-state index in [2.05, 4.69) is 29.4 Å². The number of hydrogen-bond donors (Lipinski definition) is 2. The van der Waals surface area contributed by atoms with Crippen LogP contribution in [-0.4, -0.2) is 17.4 Å². The van der Waals surface area contributed by atoms with Crippen LogP contribution in [0, 0.1) is 13.8 Å². The van der Waals surface area contributed by atoms with Crippen LogP contribution in [-0.2, 0) is 11.2 Å². The molecule has 22 heavy (non-hydrogen) atoms. The van der Waals surface area contributed by atoms with Crippen molar-refractivity contribution >= 4 is 16.8 Å². The summed E-state index contributed by atoms with van der Waals surface area (Å²) in [4.78, 5) is 26.8. The van der Waals surface area contributed by atoms with E-state index in [1.54, 1.807) is 0 Å². The second-order valence-corrected chi connectivity index (χ2v) is 5.87. The minimum Gasteiger partial charge on any atom is -0.356 e. The molecule has 1 aromatic carbocycles. The Hall–Kier alpha value is -2.10. The third-order valence-corrected chi connectivity index (χ3v) is 3.84. The Labute approximate surface area is 130 Å². The summed E-state index contributed by atoms with van der Waals surface area (Å²) in [6, 6.07) is 6.02. The molecule has 118 valence electrons. The number of aryl methyl sites for hydroxylation is 3. The van der Waals surface area contributed by atoms with Crippen LogP contribution < -0.4 is 10.9 Å². The van der Waals surface area contributed by atoms with Gasteiger partial charge in [-0.2, -0.15) is 0 Å². The number of benzene rings is 1. The molecule has 0 unspecified atom stereocenters. The standard InChI is InChI=1S/C18H24N2O2/c1-4-5-8-19-16(21)7-6-14-11-15-10-12(2)9-13(3)17(15)20-18(14)22/h9-11H,4-8H2,1-3H3,(H,19,21)(H,20,22). The number of carbonyl (C=O) groups excluding carboxylic acids is 1. The highest BCUT2D eigenvalue weighted by atomic mass is 16.1. The average Bonchev–Trinajstić information content (AvgIpc) is 2.46. The van der Waals surface area contributed by atoms with Gasteiger partial charge in [-0.25, -0.2) is 0 Å². The van der Waals surface area contributed by atoms with Crippen molar-refractivity contribution in [3.8, 4) is 0 Å². The average molecular weight is 300 g/mol. The number of H-pyrrole nitrogens is 1. The Balaban J connectivity index is 2.13. The maximum absolute atomic E-state index is 12.2. The monoisotopic (exact) mass is 300 g/mol. The number of fused-ring (bicyclic) bond motifs is 1. The van der Waals surface area contributed by atoms with Gasteiger partial charge in [0.25, 0.3) is 5.56 Å². The summed E-state index contributed by atoms with van der Waals surface area (Å²) in [7, 11) is 0. The van der Waals surface area contributed by atoms with Crippen molar-refractivity contribution in [2.24, 2.45) is 0 Å². The summed E-state index contributed by atoms with van der Waals surface area (Å²) in [5.74, 6) is 0.00775. The molecule has 2 aromatic rings. The second kappa shape index (κ2) is 7.25. The summed E-state index contributed by atoms with van der Waals surface area (Å²) >= 11 is 0. The zero-order valence-electron chi connectivity index (χ0n) is 13.6. The Bertz CT molecular complexity index is 732. The molecule has 0 aliphatic rings. The summed E-state index contributed by atoms with van der Waals surface area (Å²) in [6.07, 6.45) is 2.86. The van der Waals surface area contributed by atoms with Crippen molar-refractivity contribution in [1.82, 2.24) is 10.3 Å². The van der Waals surface area contributed by atoms with Gasteiger partial charge in [0, 0.05) is 18.5 Å². The predicted molar refractivity (Wildman–Crippen MR) is 90.3 cm³/mol. The topological polar surface area (TPSA) is 62.0 Å². The van der Waals surface area contributed by atoms with Crippen molar-refractivity contribution in [3.05, 3.63) is 45.2 Å². The number of unbranched alkanes of at least 4 members (excludes halogenated alkanes) is 1. The number of aromatic amines is 1. The van der Waals surface area contributed by atoms with E-state index >= 15 is 0 Å². The molecule has 2 rings (SSSR count). The van der Waals surface area contributed by atoms with E-state index in [1.165, 1.54) is 5.56 Å². The van der Waals surface area contributed by atoms with Gasteiger partial charge in [-0.1, -0.05) is 25.0 Å². The number of nitrogens with one attached hydrogen (secondary N) is 2. The molecule has 2 N–H and O–H groups in total. The lowest BCUT2D eigenvalue weighted by molar-refractivity contribution is -0.121. The van der Waals surface area contributed by atoms with E-state index in [0.717, 1.165) is 29.3 Å². The van der Waals surface area contributed by atoms with Crippen LogP contribution in [0.4, 0.5) is 0 Å². The molecule has 0 saturated heterocycles. The summed E-state index contributed by atoms with van der Waals surface area (Å²) in [5.41, 5.74) is 3.69. The van der Waals surface area contributed by atoms with Crippen molar-refractivity contribution < 1.29 is 4.79 Å². The lowest BCUT2D eigenvalue weighted by Gasteiger charge is -2.07. The highest BCUT2D eigenvalue weighted by Gasteiger charge is 2.08. The van der Waals surface area contributed by atoms with Crippen LogP contribution in [0.3, 0.4) is 0 Å². The van der Waals surface area contributed by atoms with Crippen molar-refractivity contribution in [2.75, 3.05) is 6.54 Å². The SMILES string of the molecule is CCCCNC(=O)CCc1cc2cc(C)cc(C)c2[nH]c1=O. The fourth-order valence-corrected chi connectivity index (χ4v) is 2.66. The third-order valence-electron chi connectivity index (χ3n) is 3.84. The fourth-order valence-electron chi connectivity index (χ4n) is 2.66. The van der Waals surface area contributed by atoms with E-state index in [0.29, 0.717) is 24.9 Å². The molecule has 0 saturated carbocycles. The van der Waals surface area contributed by atoms with E-state index in [4.69, 9.17) is 0 Å². The van der Waals surface area contributed by atoms with Crippen LogP contribution in [0.25, 0.3) is 10.9 Å². The molecule has 0 atom stereocenters. The molecule has 0 spiro atoms. The lowest BCUT2D eigenvalue weighted by Crippen LogP contribution is -2.25. The molecule has 0 aliphatic carbocycles. The van der Waals surface area contributed by atoms with E-state index in [-0.39, 0.29) is 11.5 Å². The number of amides is 1. The molecule has 0 radical (unpaired) electrons. The van der Waals surface area contributed by atoms with Gasteiger partial charge in [-0.05, 0) is 49.8 Å². The second-order valence-electron chi connectivity index (χ2n) is 5.87. The van der Waals surface area contributed by atoms with Crippen LogP contribution in [0.5, 0.6) is 0 Å². The quantitative estimate of drug-likeness (QED) is 0.806.